The predicted molar refractivity (Wildman–Crippen MR) is 84.6 cm³/mol. The molecule has 0 aliphatic heterocycles. The molecule has 0 aliphatic carbocycles. The number of hydrogen-bond donors (Lipinski definition) is 0. The van der Waals surface area contributed by atoms with Crippen LogP contribution < -0.4 is 0 Å². The molecule has 0 aromatic rings. The van der Waals surface area contributed by atoms with E-state index in [1.807, 2.05) is 0 Å². The van der Waals surface area contributed by atoms with Crippen molar-refractivity contribution in [2.45, 2.75) is 57.4 Å². The van der Waals surface area contributed by atoms with Gasteiger partial charge in [-0.05, 0) is 13.3 Å². The summed E-state index contributed by atoms with van der Waals surface area (Å²) in [4.78, 5) is 11.1. The SMILES string of the molecule is C=C(C)C(=O)OCCCCCCCC[SiH2]C(OC)OC. The first-order valence-electron chi connectivity index (χ1n) is 7.50. The lowest BCUT2D eigenvalue weighted by molar-refractivity contribution is -0.139. The summed E-state index contributed by atoms with van der Waals surface area (Å²) in [5, 5.41) is 0. The zero-order valence-corrected chi connectivity index (χ0v) is 14.7. The normalized spacial score (nSPS) is 11.4. The number of carbonyl (C=O) groups excluding carboxylic acids is 1. The van der Waals surface area contributed by atoms with Crippen LogP contribution in [-0.4, -0.2) is 42.2 Å². The van der Waals surface area contributed by atoms with Crippen LogP contribution in [0.4, 0.5) is 0 Å². The van der Waals surface area contributed by atoms with Crippen LogP contribution in [0.5, 0.6) is 0 Å². The highest BCUT2D eigenvalue weighted by atomic mass is 28.2. The third-order valence-electron chi connectivity index (χ3n) is 3.19. The number of ether oxygens (including phenoxy) is 3. The molecule has 0 aliphatic rings. The average molecular weight is 302 g/mol. The van der Waals surface area contributed by atoms with Crippen molar-refractivity contribution in [3.05, 3.63) is 12.2 Å². The van der Waals surface area contributed by atoms with Gasteiger partial charge in [0.2, 0.25) is 0 Å². The van der Waals surface area contributed by atoms with E-state index in [9.17, 15) is 4.79 Å². The molecule has 0 atom stereocenters. The summed E-state index contributed by atoms with van der Waals surface area (Å²) in [5.74, 6) is -0.196. The Labute approximate surface area is 125 Å². The van der Waals surface area contributed by atoms with Crippen LogP contribution in [0.2, 0.25) is 6.04 Å². The molecule has 0 fully saturated rings. The lowest BCUT2D eigenvalue weighted by Crippen LogP contribution is -2.20. The molecule has 0 radical (unpaired) electrons. The topological polar surface area (TPSA) is 44.8 Å². The molecular formula is C15H30O4Si. The van der Waals surface area contributed by atoms with Gasteiger partial charge in [0, 0.05) is 19.8 Å². The molecule has 0 bridgehead atoms. The predicted octanol–water partition coefficient (Wildman–Crippen LogP) is 2.61. The molecule has 0 saturated carbocycles. The smallest absolute Gasteiger partial charge is 0.333 e. The third kappa shape index (κ3) is 11.2. The molecule has 0 saturated heterocycles. The Morgan fingerprint density at radius 1 is 1.05 bits per heavy atom. The highest BCUT2D eigenvalue weighted by Crippen LogP contribution is 2.08. The minimum absolute atomic E-state index is 0.0815. The first-order chi connectivity index (χ1) is 9.61. The summed E-state index contributed by atoms with van der Waals surface area (Å²) in [5.41, 5.74) is 0.472. The summed E-state index contributed by atoms with van der Waals surface area (Å²) >= 11 is 0. The van der Waals surface area contributed by atoms with Crippen molar-refractivity contribution in [3.63, 3.8) is 0 Å². The van der Waals surface area contributed by atoms with Crippen molar-refractivity contribution in [3.8, 4) is 0 Å². The Hall–Kier alpha value is -0.653. The lowest BCUT2D eigenvalue weighted by atomic mass is 10.1. The van der Waals surface area contributed by atoms with Gasteiger partial charge in [0.25, 0.3) is 0 Å². The average Bonchev–Trinajstić information content (AvgIpc) is 2.44. The van der Waals surface area contributed by atoms with Crippen LogP contribution in [0.15, 0.2) is 12.2 Å². The quantitative estimate of drug-likeness (QED) is 0.172. The number of unbranched alkanes of at least 4 members (excludes halogenated alkanes) is 5. The van der Waals surface area contributed by atoms with Gasteiger partial charge in [0.1, 0.15) is 5.91 Å². The maximum absolute atomic E-state index is 11.1. The van der Waals surface area contributed by atoms with Crippen molar-refractivity contribution in [2.75, 3.05) is 20.8 Å². The van der Waals surface area contributed by atoms with Crippen molar-refractivity contribution in [2.24, 2.45) is 0 Å². The van der Waals surface area contributed by atoms with E-state index in [4.69, 9.17) is 14.2 Å². The molecule has 0 aromatic carbocycles. The highest BCUT2D eigenvalue weighted by Gasteiger charge is 2.04. The molecule has 0 N–H and O–H groups in total. The maximum Gasteiger partial charge on any atom is 0.333 e. The fraction of sp³-hybridized carbons (Fsp3) is 0.800. The van der Waals surface area contributed by atoms with Gasteiger partial charge in [-0.2, -0.15) is 0 Å². The fourth-order valence-electron chi connectivity index (χ4n) is 1.92. The van der Waals surface area contributed by atoms with E-state index in [0.29, 0.717) is 12.2 Å². The van der Waals surface area contributed by atoms with Gasteiger partial charge in [0.05, 0.1) is 16.1 Å². The molecule has 20 heavy (non-hydrogen) atoms. The molecule has 0 unspecified atom stereocenters. The van der Waals surface area contributed by atoms with E-state index < -0.39 is 0 Å². The maximum atomic E-state index is 11.1. The molecule has 0 rings (SSSR count). The number of esters is 1. The first kappa shape index (κ1) is 19.3. The number of carbonyl (C=O) groups is 1. The second kappa shape index (κ2) is 13.3. The van der Waals surface area contributed by atoms with Crippen molar-refractivity contribution < 1.29 is 19.0 Å². The van der Waals surface area contributed by atoms with Crippen LogP contribution in [0, 0.1) is 0 Å². The number of hydrogen-bond acceptors (Lipinski definition) is 4. The lowest BCUT2D eigenvalue weighted by Gasteiger charge is -2.12. The summed E-state index contributed by atoms with van der Waals surface area (Å²) in [6, 6.07) is 1.28. The molecule has 5 heteroatoms. The van der Waals surface area contributed by atoms with Gasteiger partial charge in [-0.3, -0.25) is 0 Å². The van der Waals surface area contributed by atoms with Crippen LogP contribution in [0.3, 0.4) is 0 Å². The van der Waals surface area contributed by atoms with Gasteiger partial charge < -0.3 is 14.2 Å². The Morgan fingerprint density at radius 3 is 2.15 bits per heavy atom. The Morgan fingerprint density at radius 2 is 1.60 bits per heavy atom. The van der Waals surface area contributed by atoms with Gasteiger partial charge in [-0.15, -0.1) is 0 Å². The van der Waals surface area contributed by atoms with Crippen molar-refractivity contribution >= 4 is 15.5 Å². The largest absolute Gasteiger partial charge is 0.462 e. The molecule has 118 valence electrons. The minimum Gasteiger partial charge on any atom is -0.462 e. The summed E-state index contributed by atoms with van der Waals surface area (Å²) in [7, 11) is 3.17. The number of methoxy groups -OCH3 is 2. The van der Waals surface area contributed by atoms with Gasteiger partial charge in [0.15, 0.2) is 0 Å². The van der Waals surface area contributed by atoms with E-state index in [-0.39, 0.29) is 21.4 Å². The van der Waals surface area contributed by atoms with E-state index in [1.165, 1.54) is 31.7 Å². The van der Waals surface area contributed by atoms with E-state index in [1.54, 1.807) is 21.1 Å². The minimum atomic E-state index is -0.277. The summed E-state index contributed by atoms with van der Waals surface area (Å²) in [6.07, 6.45) is 7.10. The van der Waals surface area contributed by atoms with E-state index in [0.717, 1.165) is 12.8 Å². The molecule has 0 spiro atoms. The Kier molecular flexibility index (Phi) is 12.9. The zero-order valence-electron chi connectivity index (χ0n) is 13.3. The Balaban J connectivity index is 3.21. The molecule has 0 aromatic heterocycles. The van der Waals surface area contributed by atoms with Gasteiger partial charge in [-0.1, -0.05) is 44.7 Å². The van der Waals surface area contributed by atoms with E-state index in [2.05, 4.69) is 6.58 Å². The molecule has 4 nitrogen and oxygen atoms in total. The molecule has 0 heterocycles. The second-order valence-corrected chi connectivity index (χ2v) is 7.03. The monoisotopic (exact) mass is 302 g/mol. The highest BCUT2D eigenvalue weighted by molar-refractivity contribution is 6.36. The van der Waals surface area contributed by atoms with Crippen LogP contribution >= 0.6 is 0 Å². The van der Waals surface area contributed by atoms with Crippen LogP contribution in [-0.2, 0) is 19.0 Å². The van der Waals surface area contributed by atoms with Crippen molar-refractivity contribution in [1.82, 2.24) is 0 Å². The second-order valence-electron chi connectivity index (χ2n) is 5.08. The van der Waals surface area contributed by atoms with Crippen LogP contribution in [0.1, 0.15) is 45.4 Å². The molecule has 0 amide bonds. The van der Waals surface area contributed by atoms with Crippen LogP contribution in [0.25, 0.3) is 0 Å². The van der Waals surface area contributed by atoms with E-state index >= 15 is 0 Å². The Bertz CT molecular complexity index is 265. The number of rotatable bonds is 13. The van der Waals surface area contributed by atoms with Crippen molar-refractivity contribution in [1.29, 1.82) is 0 Å². The summed E-state index contributed by atoms with van der Waals surface area (Å²) < 4.78 is 15.4. The fourth-order valence-corrected chi connectivity index (χ4v) is 3.36. The summed E-state index contributed by atoms with van der Waals surface area (Å²) in [6.45, 7) is 5.73. The third-order valence-corrected chi connectivity index (χ3v) is 5.24. The molecular weight excluding hydrogens is 272 g/mol. The standard InChI is InChI=1S/C15H30O4Si/c1-13(2)14(16)19-11-9-7-5-6-8-10-12-20-15(17-3)18-4/h15H,1,5-12,20H2,2-4H3. The van der Waals surface area contributed by atoms with Gasteiger partial charge >= 0.3 is 5.97 Å². The zero-order chi connectivity index (χ0) is 15.2. The first-order valence-corrected chi connectivity index (χ1v) is 9.31. The van der Waals surface area contributed by atoms with Gasteiger partial charge in [-0.25, -0.2) is 4.79 Å².